The first-order valence-corrected chi connectivity index (χ1v) is 6.70. The van der Waals surface area contributed by atoms with Gasteiger partial charge in [0.2, 0.25) is 0 Å². The molecule has 17 heavy (non-hydrogen) atoms. The second kappa shape index (κ2) is 3.44. The van der Waals surface area contributed by atoms with E-state index < -0.39 is 0 Å². The molecule has 0 unspecified atom stereocenters. The maximum atomic E-state index is 12.3. The second-order valence-corrected chi connectivity index (χ2v) is 6.25. The van der Waals surface area contributed by atoms with E-state index in [2.05, 4.69) is 26.0 Å². The average Bonchev–Trinajstić information content (AvgIpc) is 2.32. The molecule has 1 fully saturated rings. The maximum absolute atomic E-state index is 12.3. The predicted octanol–water partition coefficient (Wildman–Crippen LogP) is 4.11. The van der Waals surface area contributed by atoms with Crippen LogP contribution < -0.4 is 0 Å². The predicted molar refractivity (Wildman–Crippen MR) is 69.3 cm³/mol. The van der Waals surface area contributed by atoms with Gasteiger partial charge in [-0.1, -0.05) is 51.0 Å². The molecule has 0 bridgehead atoms. The summed E-state index contributed by atoms with van der Waals surface area (Å²) in [6, 6.07) is 8.26. The van der Waals surface area contributed by atoms with Crippen LogP contribution in [0.2, 0.25) is 0 Å². The first-order chi connectivity index (χ1) is 8.07. The van der Waals surface area contributed by atoms with Gasteiger partial charge in [0.25, 0.3) is 0 Å². The molecule has 2 atom stereocenters. The Bertz CT molecular complexity index is 476. The van der Waals surface area contributed by atoms with Gasteiger partial charge in [-0.3, -0.25) is 4.79 Å². The number of carbonyl (C=O) groups is 1. The van der Waals surface area contributed by atoms with Crippen molar-refractivity contribution in [3.63, 3.8) is 0 Å². The zero-order valence-electron chi connectivity index (χ0n) is 10.8. The molecule has 0 spiro atoms. The van der Waals surface area contributed by atoms with Crippen molar-refractivity contribution in [2.24, 2.45) is 5.41 Å². The molecule has 1 saturated carbocycles. The van der Waals surface area contributed by atoms with E-state index in [4.69, 9.17) is 0 Å². The molecule has 0 heterocycles. The van der Waals surface area contributed by atoms with Crippen molar-refractivity contribution >= 4 is 5.78 Å². The smallest absolute Gasteiger partial charge is 0.163 e. The van der Waals surface area contributed by atoms with Crippen molar-refractivity contribution in [1.82, 2.24) is 0 Å². The molecule has 0 aliphatic heterocycles. The summed E-state index contributed by atoms with van der Waals surface area (Å²) >= 11 is 0. The number of Topliss-reactive ketones (excluding diaryl/α,β-unsaturated/α-hetero) is 1. The lowest BCUT2D eigenvalue weighted by atomic mass is 9.50. The summed E-state index contributed by atoms with van der Waals surface area (Å²) in [6.45, 7) is 4.69. The van der Waals surface area contributed by atoms with Crippen LogP contribution in [0.1, 0.15) is 61.9 Å². The highest BCUT2D eigenvalue weighted by atomic mass is 16.1. The number of carbonyl (C=O) groups excluding carboxylic acids is 1. The van der Waals surface area contributed by atoms with Crippen molar-refractivity contribution in [3.05, 3.63) is 35.4 Å². The first-order valence-electron chi connectivity index (χ1n) is 6.70. The fourth-order valence-electron chi connectivity index (χ4n) is 3.97. The molecule has 1 aromatic carbocycles. The molecule has 1 aromatic rings. The van der Waals surface area contributed by atoms with Crippen LogP contribution in [0.3, 0.4) is 0 Å². The zero-order chi connectivity index (χ0) is 12.1. The molecule has 0 saturated heterocycles. The lowest BCUT2D eigenvalue weighted by molar-refractivity contribution is 0.0528. The van der Waals surface area contributed by atoms with Gasteiger partial charge in [0.05, 0.1) is 0 Å². The molecule has 2 aliphatic rings. The van der Waals surface area contributed by atoms with Gasteiger partial charge in [0.1, 0.15) is 0 Å². The summed E-state index contributed by atoms with van der Waals surface area (Å²) in [7, 11) is 0. The molecular weight excluding hydrogens is 208 g/mol. The molecule has 0 N–H and O–H groups in total. The van der Waals surface area contributed by atoms with Gasteiger partial charge >= 0.3 is 0 Å². The van der Waals surface area contributed by atoms with Crippen molar-refractivity contribution in [1.29, 1.82) is 0 Å². The first kappa shape index (κ1) is 11.0. The maximum Gasteiger partial charge on any atom is 0.163 e. The number of fused-ring (bicyclic) bond motifs is 3. The second-order valence-electron chi connectivity index (χ2n) is 6.25. The van der Waals surface area contributed by atoms with E-state index in [-0.39, 0.29) is 10.8 Å². The Morgan fingerprint density at radius 3 is 2.59 bits per heavy atom. The fourth-order valence-corrected chi connectivity index (χ4v) is 3.97. The van der Waals surface area contributed by atoms with Crippen LogP contribution in [0.4, 0.5) is 0 Å². The van der Waals surface area contributed by atoms with E-state index in [0.29, 0.717) is 5.78 Å². The van der Waals surface area contributed by atoms with Gasteiger partial charge in [-0.05, 0) is 29.2 Å². The molecule has 1 nitrogen and oxygen atoms in total. The third-order valence-electron chi connectivity index (χ3n) is 5.36. The van der Waals surface area contributed by atoms with Gasteiger partial charge in [0.15, 0.2) is 5.78 Å². The number of rotatable bonds is 0. The highest BCUT2D eigenvalue weighted by Crippen LogP contribution is 2.57. The Hall–Kier alpha value is -1.11. The summed E-state index contributed by atoms with van der Waals surface area (Å²) in [5.41, 5.74) is 2.67. The molecule has 90 valence electrons. The minimum Gasteiger partial charge on any atom is -0.294 e. The van der Waals surface area contributed by atoms with Gasteiger partial charge in [-0.25, -0.2) is 0 Å². The van der Waals surface area contributed by atoms with Crippen LogP contribution in [0.15, 0.2) is 24.3 Å². The number of hydrogen-bond acceptors (Lipinski definition) is 1. The SMILES string of the molecule is C[C@]12CCCC[C@]1(C)c1ccccc1C(=O)C2. The van der Waals surface area contributed by atoms with Crippen molar-refractivity contribution in [3.8, 4) is 0 Å². The average molecular weight is 228 g/mol. The van der Waals surface area contributed by atoms with Crippen LogP contribution >= 0.6 is 0 Å². The summed E-state index contributed by atoms with van der Waals surface area (Å²) in [5, 5.41) is 0. The van der Waals surface area contributed by atoms with Gasteiger partial charge in [-0.15, -0.1) is 0 Å². The van der Waals surface area contributed by atoms with Crippen molar-refractivity contribution in [2.45, 2.75) is 51.4 Å². The minimum atomic E-state index is 0.177. The summed E-state index contributed by atoms with van der Waals surface area (Å²) < 4.78 is 0. The monoisotopic (exact) mass is 228 g/mol. The van der Waals surface area contributed by atoms with Crippen LogP contribution in [-0.4, -0.2) is 5.78 Å². The topological polar surface area (TPSA) is 17.1 Å². The molecule has 0 radical (unpaired) electrons. The minimum absolute atomic E-state index is 0.177. The Morgan fingerprint density at radius 1 is 1.06 bits per heavy atom. The third kappa shape index (κ3) is 1.34. The third-order valence-corrected chi connectivity index (χ3v) is 5.36. The van der Waals surface area contributed by atoms with Gasteiger partial charge in [-0.2, -0.15) is 0 Å². The van der Waals surface area contributed by atoms with Crippen molar-refractivity contribution < 1.29 is 4.79 Å². The Morgan fingerprint density at radius 2 is 1.76 bits per heavy atom. The highest BCUT2D eigenvalue weighted by Gasteiger charge is 2.52. The zero-order valence-corrected chi connectivity index (χ0v) is 10.8. The van der Waals surface area contributed by atoms with E-state index in [1.165, 1.54) is 31.2 Å². The number of hydrogen-bond donors (Lipinski definition) is 0. The van der Waals surface area contributed by atoms with E-state index >= 15 is 0 Å². The Balaban J connectivity index is 2.22. The van der Waals surface area contributed by atoms with Gasteiger partial charge in [0, 0.05) is 12.0 Å². The Labute approximate surface area is 103 Å². The van der Waals surface area contributed by atoms with Crippen LogP contribution in [-0.2, 0) is 5.41 Å². The molecule has 1 heteroatoms. The van der Waals surface area contributed by atoms with Crippen LogP contribution in [0.5, 0.6) is 0 Å². The standard InChI is InChI=1S/C16H20O/c1-15-9-5-6-10-16(15,2)13-8-4-3-7-12(13)14(17)11-15/h3-4,7-8H,5-6,9-11H2,1-2H3/t15-,16-/m1/s1. The van der Waals surface area contributed by atoms with Crippen molar-refractivity contribution in [2.75, 3.05) is 0 Å². The highest BCUT2D eigenvalue weighted by molar-refractivity contribution is 5.99. The molecule has 2 aliphatic carbocycles. The summed E-state index contributed by atoms with van der Waals surface area (Å²) in [4.78, 5) is 12.3. The quantitative estimate of drug-likeness (QED) is 0.653. The summed E-state index contributed by atoms with van der Waals surface area (Å²) in [6.07, 6.45) is 5.74. The molecule has 0 aromatic heterocycles. The molecule has 3 rings (SSSR count). The fraction of sp³-hybridized carbons (Fsp3) is 0.562. The normalized spacial score (nSPS) is 36.2. The molecule has 0 amide bonds. The van der Waals surface area contributed by atoms with E-state index in [1.807, 2.05) is 12.1 Å². The number of ketones is 1. The van der Waals surface area contributed by atoms with Crippen LogP contribution in [0, 0.1) is 5.41 Å². The lowest BCUT2D eigenvalue weighted by Crippen LogP contribution is -2.49. The lowest BCUT2D eigenvalue weighted by Gasteiger charge is -2.53. The summed E-state index contributed by atoms with van der Waals surface area (Å²) in [5.74, 6) is 0.350. The van der Waals surface area contributed by atoms with E-state index in [1.54, 1.807) is 0 Å². The largest absolute Gasteiger partial charge is 0.294 e. The van der Waals surface area contributed by atoms with Crippen LogP contribution in [0.25, 0.3) is 0 Å². The number of benzene rings is 1. The molecular formula is C16H20O. The van der Waals surface area contributed by atoms with E-state index in [0.717, 1.165) is 12.0 Å². The van der Waals surface area contributed by atoms with Gasteiger partial charge < -0.3 is 0 Å². The van der Waals surface area contributed by atoms with E-state index in [9.17, 15) is 4.79 Å². The Kier molecular flexibility index (Phi) is 2.23.